The van der Waals surface area contributed by atoms with E-state index in [0.717, 1.165) is 0 Å². The molecule has 0 aliphatic heterocycles. The van der Waals surface area contributed by atoms with Gasteiger partial charge in [-0.3, -0.25) is 9.59 Å². The number of hydrogen-bond donors (Lipinski definition) is 0. The number of carbonyl (C=O) groups is 2. The highest BCUT2D eigenvalue weighted by Crippen LogP contribution is 2.29. The Morgan fingerprint density at radius 2 is 1.53 bits per heavy atom. The third-order valence-electron chi connectivity index (χ3n) is 2.74. The maximum atomic E-state index is 12.4. The first kappa shape index (κ1) is 14.6. The molecule has 0 aromatic rings. The summed E-state index contributed by atoms with van der Waals surface area (Å²) in [7, 11) is 0. The summed E-state index contributed by atoms with van der Waals surface area (Å²) in [5.74, 6) is -0.408. The van der Waals surface area contributed by atoms with Gasteiger partial charge in [0.1, 0.15) is 0 Å². The number of carbonyl (C=O) groups excluding carboxylic acids is 2. The molecule has 0 N–H and O–H groups in total. The van der Waals surface area contributed by atoms with E-state index in [1.54, 1.807) is 37.3 Å². The fraction of sp³-hybridized carbons (Fsp3) is 0.0588. The van der Waals surface area contributed by atoms with E-state index in [4.69, 9.17) is 0 Å². The molecule has 0 fully saturated rings. The van der Waals surface area contributed by atoms with E-state index in [0.29, 0.717) is 22.3 Å². The van der Waals surface area contributed by atoms with E-state index in [9.17, 15) is 9.59 Å². The first-order chi connectivity index (χ1) is 9.12. The van der Waals surface area contributed by atoms with Crippen LogP contribution in [-0.4, -0.2) is 11.6 Å². The van der Waals surface area contributed by atoms with E-state index in [1.807, 2.05) is 0 Å². The highest BCUT2D eigenvalue weighted by atomic mass is 16.1. The zero-order chi connectivity index (χ0) is 14.4. The highest BCUT2D eigenvalue weighted by Gasteiger charge is 2.31. The number of rotatable bonds is 4. The molecule has 96 valence electrons. The molecule has 0 saturated heterocycles. The normalized spacial score (nSPS) is 20.5. The topological polar surface area (TPSA) is 34.1 Å². The lowest BCUT2D eigenvalue weighted by Gasteiger charge is -2.19. The van der Waals surface area contributed by atoms with Gasteiger partial charge >= 0.3 is 0 Å². The van der Waals surface area contributed by atoms with Gasteiger partial charge in [-0.2, -0.15) is 0 Å². The molecule has 0 saturated carbocycles. The smallest absolute Gasteiger partial charge is 0.194 e. The van der Waals surface area contributed by atoms with Crippen molar-refractivity contribution in [3.8, 4) is 0 Å². The van der Waals surface area contributed by atoms with Crippen LogP contribution in [0.1, 0.15) is 6.92 Å². The van der Waals surface area contributed by atoms with Crippen LogP contribution in [0.3, 0.4) is 0 Å². The van der Waals surface area contributed by atoms with Crippen molar-refractivity contribution >= 4 is 11.6 Å². The van der Waals surface area contributed by atoms with Crippen LogP contribution in [0.2, 0.25) is 0 Å². The molecular weight excluding hydrogens is 236 g/mol. The average molecular weight is 252 g/mol. The van der Waals surface area contributed by atoms with Crippen molar-refractivity contribution in [3.63, 3.8) is 0 Å². The fourth-order valence-electron chi connectivity index (χ4n) is 1.88. The lowest BCUT2D eigenvalue weighted by atomic mass is 9.81. The third-order valence-corrected chi connectivity index (χ3v) is 2.74. The molecule has 0 bridgehead atoms. The first-order valence-electron chi connectivity index (χ1n) is 5.87. The van der Waals surface area contributed by atoms with E-state index in [2.05, 4.69) is 19.7 Å². The number of allylic oxidation sites excluding steroid dienone is 11. The summed E-state index contributed by atoms with van der Waals surface area (Å²) < 4.78 is 0. The summed E-state index contributed by atoms with van der Waals surface area (Å²) in [4.78, 5) is 24.7. The van der Waals surface area contributed by atoms with Crippen molar-refractivity contribution in [1.29, 1.82) is 0 Å². The van der Waals surface area contributed by atoms with Crippen molar-refractivity contribution in [2.24, 2.45) is 0 Å². The Morgan fingerprint density at radius 3 is 2.00 bits per heavy atom. The summed E-state index contributed by atoms with van der Waals surface area (Å²) in [5, 5.41) is 0. The molecule has 0 heterocycles. The minimum Gasteiger partial charge on any atom is -0.289 e. The average Bonchev–Trinajstić information content (AvgIpc) is 2.41. The van der Waals surface area contributed by atoms with Gasteiger partial charge in [-0.25, -0.2) is 0 Å². The standard InChI is InChI=1S/C17H16O2/c1-5-9-11-15-13(8-4)16(18)12(7-3)14(10-6-2)17(15)19/h5-11H,1-2,4H2,3H3/b11-9-,12-7+,14-10+. The SMILES string of the molecule is C=C/C=C\C1=C(C=C)C(=O)C(=C/C)/C(=C\C=C)C1=O. The summed E-state index contributed by atoms with van der Waals surface area (Å²) in [5.41, 5.74) is 1.39. The van der Waals surface area contributed by atoms with Gasteiger partial charge in [0.05, 0.1) is 0 Å². The van der Waals surface area contributed by atoms with Crippen LogP contribution in [0.5, 0.6) is 0 Å². The van der Waals surface area contributed by atoms with Gasteiger partial charge in [0.25, 0.3) is 0 Å². The van der Waals surface area contributed by atoms with Crippen molar-refractivity contribution in [2.75, 3.05) is 0 Å². The number of ketones is 2. The van der Waals surface area contributed by atoms with Crippen LogP contribution in [-0.2, 0) is 9.59 Å². The molecular formula is C17H16O2. The molecule has 0 unspecified atom stereocenters. The Hall–Kier alpha value is -2.48. The second kappa shape index (κ2) is 6.45. The Balaban J connectivity index is 3.61. The summed E-state index contributed by atoms with van der Waals surface area (Å²) >= 11 is 0. The molecule has 0 aromatic carbocycles. The first-order valence-corrected chi connectivity index (χ1v) is 5.87. The van der Waals surface area contributed by atoms with Crippen molar-refractivity contribution in [3.05, 3.63) is 84.6 Å². The lowest BCUT2D eigenvalue weighted by Crippen LogP contribution is -2.23. The van der Waals surface area contributed by atoms with Gasteiger partial charge in [-0.05, 0) is 6.92 Å². The Bertz CT molecular complexity index is 578. The summed E-state index contributed by atoms with van der Waals surface area (Å²) in [6, 6.07) is 0. The maximum absolute atomic E-state index is 12.4. The zero-order valence-corrected chi connectivity index (χ0v) is 11.0. The van der Waals surface area contributed by atoms with Gasteiger partial charge in [0.2, 0.25) is 0 Å². The Kier molecular flexibility index (Phi) is 4.95. The molecule has 0 atom stereocenters. The third kappa shape index (κ3) is 2.68. The van der Waals surface area contributed by atoms with Crippen LogP contribution in [0, 0.1) is 0 Å². The minimum absolute atomic E-state index is 0.200. The van der Waals surface area contributed by atoms with Crippen LogP contribution in [0.15, 0.2) is 84.6 Å². The molecule has 1 aliphatic rings. The van der Waals surface area contributed by atoms with E-state index >= 15 is 0 Å². The van der Waals surface area contributed by atoms with Gasteiger partial charge in [-0.1, -0.05) is 62.3 Å². The van der Waals surface area contributed by atoms with E-state index < -0.39 is 0 Å². The maximum Gasteiger partial charge on any atom is 0.194 e. The van der Waals surface area contributed by atoms with Crippen molar-refractivity contribution < 1.29 is 9.59 Å². The predicted molar refractivity (Wildman–Crippen MR) is 78.6 cm³/mol. The van der Waals surface area contributed by atoms with Gasteiger partial charge in [-0.15, -0.1) is 0 Å². The summed E-state index contributed by atoms with van der Waals surface area (Å²) in [6.45, 7) is 12.5. The molecule has 2 heteroatoms. The predicted octanol–water partition coefficient (Wildman–Crippen LogP) is 3.42. The fourth-order valence-corrected chi connectivity index (χ4v) is 1.88. The molecule has 0 amide bonds. The second-order valence-electron chi connectivity index (χ2n) is 3.80. The molecule has 19 heavy (non-hydrogen) atoms. The van der Waals surface area contributed by atoms with E-state index in [1.165, 1.54) is 12.2 Å². The largest absolute Gasteiger partial charge is 0.289 e. The van der Waals surface area contributed by atoms with Crippen LogP contribution in [0.25, 0.3) is 0 Å². The minimum atomic E-state index is -0.208. The number of Topliss-reactive ketones (excluding diaryl/α,β-unsaturated/α-hetero) is 2. The van der Waals surface area contributed by atoms with Crippen LogP contribution < -0.4 is 0 Å². The Labute approximate surface area is 113 Å². The molecule has 0 spiro atoms. The quantitative estimate of drug-likeness (QED) is 0.567. The van der Waals surface area contributed by atoms with Crippen LogP contribution >= 0.6 is 0 Å². The molecule has 2 nitrogen and oxygen atoms in total. The van der Waals surface area contributed by atoms with E-state index in [-0.39, 0.29) is 11.6 Å². The summed E-state index contributed by atoms with van der Waals surface area (Å²) in [6.07, 6.45) is 10.8. The molecule has 1 rings (SSSR count). The number of hydrogen-bond acceptors (Lipinski definition) is 2. The lowest BCUT2D eigenvalue weighted by molar-refractivity contribution is -0.116. The molecule has 0 aromatic heterocycles. The van der Waals surface area contributed by atoms with Gasteiger partial charge in [0.15, 0.2) is 11.6 Å². The zero-order valence-electron chi connectivity index (χ0n) is 11.0. The molecule has 0 radical (unpaired) electrons. The van der Waals surface area contributed by atoms with Crippen molar-refractivity contribution in [1.82, 2.24) is 0 Å². The monoisotopic (exact) mass is 252 g/mol. The van der Waals surface area contributed by atoms with Gasteiger partial charge in [0, 0.05) is 22.3 Å². The molecule has 1 aliphatic carbocycles. The highest BCUT2D eigenvalue weighted by molar-refractivity contribution is 6.31. The Morgan fingerprint density at radius 1 is 0.895 bits per heavy atom. The second-order valence-corrected chi connectivity index (χ2v) is 3.80. The van der Waals surface area contributed by atoms with Gasteiger partial charge < -0.3 is 0 Å². The van der Waals surface area contributed by atoms with Crippen molar-refractivity contribution in [2.45, 2.75) is 6.92 Å². The van der Waals surface area contributed by atoms with Crippen LogP contribution in [0.4, 0.5) is 0 Å².